The van der Waals surface area contributed by atoms with E-state index in [2.05, 4.69) is 40.7 Å². The fraction of sp³-hybridized carbons (Fsp3) is 0.467. The van der Waals surface area contributed by atoms with E-state index in [1.54, 1.807) is 0 Å². The number of nitrogens with zero attached hydrogens (tertiary/aromatic N) is 4. The fourth-order valence-electron chi connectivity index (χ4n) is 2.26. The van der Waals surface area contributed by atoms with Crippen molar-refractivity contribution in [2.24, 2.45) is 0 Å². The highest BCUT2D eigenvalue weighted by molar-refractivity contribution is 5.77. The SMILES string of the molecule is CCc1ccc2c(c1)nc(CN(C)C)n2CCC#N. The van der Waals surface area contributed by atoms with Crippen LogP contribution in [0.4, 0.5) is 0 Å². The van der Waals surface area contributed by atoms with Crippen LogP contribution in [0.25, 0.3) is 11.0 Å². The molecule has 0 unspecified atom stereocenters. The zero-order chi connectivity index (χ0) is 13.8. The minimum Gasteiger partial charge on any atom is -0.326 e. The van der Waals surface area contributed by atoms with Crippen molar-refractivity contribution in [3.05, 3.63) is 29.6 Å². The van der Waals surface area contributed by atoms with Crippen LogP contribution < -0.4 is 0 Å². The molecule has 0 saturated heterocycles. The van der Waals surface area contributed by atoms with Gasteiger partial charge in [-0.05, 0) is 38.2 Å². The topological polar surface area (TPSA) is 44.9 Å². The number of imidazole rings is 1. The molecular formula is C15H20N4. The molecule has 0 aliphatic rings. The second-order valence-electron chi connectivity index (χ2n) is 5.00. The molecule has 4 heteroatoms. The Kier molecular flexibility index (Phi) is 4.18. The molecule has 0 radical (unpaired) electrons. The summed E-state index contributed by atoms with van der Waals surface area (Å²) in [5, 5.41) is 8.80. The second kappa shape index (κ2) is 5.85. The molecule has 100 valence electrons. The van der Waals surface area contributed by atoms with E-state index >= 15 is 0 Å². The van der Waals surface area contributed by atoms with Gasteiger partial charge in [0.2, 0.25) is 0 Å². The van der Waals surface area contributed by atoms with Crippen LogP contribution >= 0.6 is 0 Å². The lowest BCUT2D eigenvalue weighted by molar-refractivity contribution is 0.382. The molecule has 1 aromatic heterocycles. The molecule has 0 N–H and O–H groups in total. The zero-order valence-electron chi connectivity index (χ0n) is 11.8. The van der Waals surface area contributed by atoms with Crippen LogP contribution in [-0.4, -0.2) is 28.5 Å². The van der Waals surface area contributed by atoms with Gasteiger partial charge in [0.05, 0.1) is 30.1 Å². The number of aryl methyl sites for hydroxylation is 2. The maximum atomic E-state index is 8.80. The fourth-order valence-corrected chi connectivity index (χ4v) is 2.26. The van der Waals surface area contributed by atoms with E-state index in [1.165, 1.54) is 5.56 Å². The molecule has 19 heavy (non-hydrogen) atoms. The summed E-state index contributed by atoms with van der Waals surface area (Å²) < 4.78 is 2.16. The zero-order valence-corrected chi connectivity index (χ0v) is 11.8. The summed E-state index contributed by atoms with van der Waals surface area (Å²) in [5.74, 6) is 1.03. The van der Waals surface area contributed by atoms with Crippen molar-refractivity contribution in [2.45, 2.75) is 32.9 Å². The van der Waals surface area contributed by atoms with Crippen molar-refractivity contribution >= 4 is 11.0 Å². The molecule has 2 rings (SSSR count). The summed E-state index contributed by atoms with van der Waals surface area (Å²) in [6, 6.07) is 8.63. The quantitative estimate of drug-likeness (QED) is 0.826. The van der Waals surface area contributed by atoms with Crippen molar-refractivity contribution < 1.29 is 0 Å². The molecule has 0 aliphatic carbocycles. The molecule has 0 atom stereocenters. The smallest absolute Gasteiger partial charge is 0.124 e. The van der Waals surface area contributed by atoms with Gasteiger partial charge in [0.15, 0.2) is 0 Å². The number of aromatic nitrogens is 2. The summed E-state index contributed by atoms with van der Waals surface area (Å²) >= 11 is 0. The normalized spacial score (nSPS) is 11.1. The summed E-state index contributed by atoms with van der Waals surface area (Å²) in [6.07, 6.45) is 1.53. The lowest BCUT2D eigenvalue weighted by Gasteiger charge is -2.11. The van der Waals surface area contributed by atoms with Crippen molar-refractivity contribution in [2.75, 3.05) is 14.1 Å². The van der Waals surface area contributed by atoms with Gasteiger partial charge < -0.3 is 9.47 Å². The lowest BCUT2D eigenvalue weighted by Crippen LogP contribution is -2.15. The third-order valence-electron chi connectivity index (χ3n) is 3.20. The van der Waals surface area contributed by atoms with Crippen LogP contribution in [0.1, 0.15) is 24.7 Å². The van der Waals surface area contributed by atoms with Crippen LogP contribution in [0.15, 0.2) is 18.2 Å². The molecular weight excluding hydrogens is 236 g/mol. The summed E-state index contributed by atoms with van der Waals surface area (Å²) in [6.45, 7) is 3.65. The van der Waals surface area contributed by atoms with Gasteiger partial charge in [0.25, 0.3) is 0 Å². The second-order valence-corrected chi connectivity index (χ2v) is 5.00. The molecule has 4 nitrogen and oxygen atoms in total. The third kappa shape index (κ3) is 2.94. The number of benzene rings is 1. The average Bonchev–Trinajstić information content (AvgIpc) is 2.71. The van der Waals surface area contributed by atoms with E-state index in [1.807, 2.05) is 14.1 Å². The highest BCUT2D eigenvalue weighted by Gasteiger charge is 2.11. The van der Waals surface area contributed by atoms with Gasteiger partial charge in [0.1, 0.15) is 5.82 Å². The maximum Gasteiger partial charge on any atom is 0.124 e. The standard InChI is InChI=1S/C15H20N4/c1-4-12-6-7-14-13(10-12)17-15(11-18(2)3)19(14)9-5-8-16/h6-7,10H,4-5,9,11H2,1-3H3. The number of hydrogen-bond donors (Lipinski definition) is 0. The van der Waals surface area contributed by atoms with Gasteiger partial charge in [-0.2, -0.15) is 5.26 Å². The first kappa shape index (κ1) is 13.6. The van der Waals surface area contributed by atoms with E-state index in [0.717, 1.165) is 29.8 Å². The molecule has 1 heterocycles. The number of fused-ring (bicyclic) bond motifs is 1. The molecule has 0 fully saturated rings. The summed E-state index contributed by atoms with van der Waals surface area (Å²) in [5.41, 5.74) is 3.47. The first-order valence-electron chi connectivity index (χ1n) is 6.65. The first-order valence-corrected chi connectivity index (χ1v) is 6.65. The van der Waals surface area contributed by atoms with Crippen molar-refractivity contribution in [1.82, 2.24) is 14.5 Å². The molecule has 1 aromatic carbocycles. The van der Waals surface area contributed by atoms with Gasteiger partial charge in [-0.25, -0.2) is 4.98 Å². The Labute approximate surface area is 114 Å². The van der Waals surface area contributed by atoms with Crippen molar-refractivity contribution in [3.8, 4) is 6.07 Å². The molecule has 0 spiro atoms. The predicted octanol–water partition coefficient (Wildman–Crippen LogP) is 2.57. The largest absolute Gasteiger partial charge is 0.326 e. The molecule has 0 bridgehead atoms. The van der Waals surface area contributed by atoms with E-state index in [4.69, 9.17) is 10.2 Å². The molecule has 0 saturated carbocycles. The summed E-state index contributed by atoms with van der Waals surface area (Å²) in [7, 11) is 4.07. The van der Waals surface area contributed by atoms with Crippen molar-refractivity contribution in [1.29, 1.82) is 5.26 Å². The van der Waals surface area contributed by atoms with E-state index in [9.17, 15) is 0 Å². The average molecular weight is 256 g/mol. The highest BCUT2D eigenvalue weighted by Crippen LogP contribution is 2.19. The van der Waals surface area contributed by atoms with E-state index in [-0.39, 0.29) is 0 Å². The molecule has 0 amide bonds. The Balaban J connectivity index is 2.49. The van der Waals surface area contributed by atoms with Gasteiger partial charge in [-0.1, -0.05) is 13.0 Å². The van der Waals surface area contributed by atoms with E-state index in [0.29, 0.717) is 13.0 Å². The Morgan fingerprint density at radius 1 is 1.37 bits per heavy atom. The lowest BCUT2D eigenvalue weighted by atomic mass is 10.1. The number of hydrogen-bond acceptors (Lipinski definition) is 3. The third-order valence-corrected chi connectivity index (χ3v) is 3.20. The van der Waals surface area contributed by atoms with Gasteiger partial charge in [-0.3, -0.25) is 0 Å². The monoisotopic (exact) mass is 256 g/mol. The number of rotatable bonds is 5. The summed E-state index contributed by atoms with van der Waals surface area (Å²) in [4.78, 5) is 6.83. The molecule has 2 aromatic rings. The maximum absolute atomic E-state index is 8.80. The van der Waals surface area contributed by atoms with Crippen LogP contribution in [0.3, 0.4) is 0 Å². The predicted molar refractivity (Wildman–Crippen MR) is 76.7 cm³/mol. The van der Waals surface area contributed by atoms with Crippen LogP contribution in [-0.2, 0) is 19.5 Å². The highest BCUT2D eigenvalue weighted by atomic mass is 15.2. The van der Waals surface area contributed by atoms with Gasteiger partial charge >= 0.3 is 0 Å². The minimum atomic E-state index is 0.515. The Bertz CT molecular complexity index is 604. The minimum absolute atomic E-state index is 0.515. The number of nitriles is 1. The van der Waals surface area contributed by atoms with Crippen molar-refractivity contribution in [3.63, 3.8) is 0 Å². The Morgan fingerprint density at radius 3 is 2.79 bits per heavy atom. The Morgan fingerprint density at radius 2 is 2.16 bits per heavy atom. The van der Waals surface area contributed by atoms with Gasteiger partial charge in [0, 0.05) is 6.54 Å². The van der Waals surface area contributed by atoms with Gasteiger partial charge in [-0.15, -0.1) is 0 Å². The van der Waals surface area contributed by atoms with E-state index < -0.39 is 0 Å². The van der Waals surface area contributed by atoms with Crippen LogP contribution in [0.5, 0.6) is 0 Å². The first-order chi connectivity index (χ1) is 9.15. The van der Waals surface area contributed by atoms with Crippen LogP contribution in [0.2, 0.25) is 0 Å². The Hall–Kier alpha value is -1.86. The van der Waals surface area contributed by atoms with Crippen LogP contribution in [0, 0.1) is 11.3 Å². The molecule has 0 aliphatic heterocycles.